The topological polar surface area (TPSA) is 122 Å². The van der Waals surface area contributed by atoms with E-state index in [1.54, 1.807) is 41.3 Å². The Kier molecular flexibility index (Phi) is 10.5. The molecule has 4 aromatic carbocycles. The summed E-state index contributed by atoms with van der Waals surface area (Å²) in [6.07, 6.45) is -0.206. The number of aliphatic hydroxyl groups is 1. The van der Waals surface area contributed by atoms with Crippen LogP contribution in [-0.4, -0.2) is 72.5 Å². The van der Waals surface area contributed by atoms with Crippen LogP contribution in [0.15, 0.2) is 91.0 Å². The zero-order valence-corrected chi connectivity index (χ0v) is 27.9. The second kappa shape index (κ2) is 15.3. The zero-order chi connectivity index (χ0) is 34.3. The van der Waals surface area contributed by atoms with Crippen LogP contribution in [0.4, 0.5) is 16.2 Å². The van der Waals surface area contributed by atoms with Gasteiger partial charge in [-0.2, -0.15) is 0 Å². The average Bonchev–Trinajstić information content (AvgIpc) is 3.57. The fourth-order valence-corrected chi connectivity index (χ4v) is 5.96. The monoisotopic (exact) mass is 666 g/mol. The third kappa shape index (κ3) is 8.62. The number of carbonyl (C=O) groups excluding carboxylic acids is 2. The lowest BCUT2D eigenvalue weighted by Crippen LogP contribution is -2.47. The van der Waals surface area contributed by atoms with Gasteiger partial charge >= 0.3 is 6.03 Å². The highest BCUT2D eigenvalue weighted by Gasteiger charge is 2.31. The van der Waals surface area contributed by atoms with Gasteiger partial charge in [0.15, 0.2) is 11.5 Å². The molecule has 0 radical (unpaired) electrons. The molecule has 3 N–H and O–H groups in total. The molecule has 0 aromatic heterocycles. The SMILES string of the molecule is C[C@@H]1CN([C@@H](C)CO)C(=O)Cc2cc(NC(=O)Nc3ccc4c(c3)OCO4)ccc2O[C@H]1CN(C)Cc1ccc(Oc2ccccc2)cc1. The van der Waals surface area contributed by atoms with Crippen LogP contribution in [0.2, 0.25) is 0 Å². The number of benzene rings is 4. The van der Waals surface area contributed by atoms with E-state index in [4.69, 9.17) is 18.9 Å². The third-order valence-electron chi connectivity index (χ3n) is 8.65. The van der Waals surface area contributed by atoms with Crippen molar-refractivity contribution in [2.24, 2.45) is 5.92 Å². The summed E-state index contributed by atoms with van der Waals surface area (Å²) in [5, 5.41) is 15.7. The lowest BCUT2D eigenvalue weighted by atomic mass is 10.0. The van der Waals surface area contributed by atoms with Gasteiger partial charge in [0.1, 0.15) is 23.4 Å². The zero-order valence-electron chi connectivity index (χ0n) is 27.9. The summed E-state index contributed by atoms with van der Waals surface area (Å²) in [7, 11) is 2.04. The maximum Gasteiger partial charge on any atom is 0.323 e. The molecule has 0 aliphatic carbocycles. The van der Waals surface area contributed by atoms with Crippen molar-refractivity contribution in [3.8, 4) is 28.7 Å². The standard InChI is InChI=1S/C38H42N4O7/c1-25-20-42(26(2)23-43)37(44)18-28-17-29(39-38(45)40-30-12-16-34-35(19-30)47-24-46-34)11-15-33(28)49-36(25)22-41(3)21-27-9-13-32(14-10-27)48-31-7-5-4-6-8-31/h4-17,19,25-26,36,43H,18,20-24H2,1-3H3,(H2,39,40,45)/t25-,26+,36+/m1/s1. The predicted molar refractivity (Wildman–Crippen MR) is 186 cm³/mol. The molecule has 11 heteroatoms. The molecule has 0 unspecified atom stereocenters. The van der Waals surface area contributed by atoms with Crippen molar-refractivity contribution < 1.29 is 33.6 Å². The van der Waals surface area contributed by atoms with E-state index < -0.39 is 6.03 Å². The molecule has 0 spiro atoms. The molecule has 3 amide bonds. The maximum absolute atomic E-state index is 13.6. The van der Waals surface area contributed by atoms with Gasteiger partial charge in [0.2, 0.25) is 12.7 Å². The molecular formula is C38H42N4O7. The van der Waals surface area contributed by atoms with Gasteiger partial charge in [-0.15, -0.1) is 0 Å². The minimum absolute atomic E-state index is 0.0433. The Morgan fingerprint density at radius 2 is 1.61 bits per heavy atom. The maximum atomic E-state index is 13.6. The third-order valence-corrected chi connectivity index (χ3v) is 8.65. The number of para-hydroxylation sites is 1. The molecule has 256 valence electrons. The van der Waals surface area contributed by atoms with Gasteiger partial charge in [-0.1, -0.05) is 37.3 Å². The smallest absolute Gasteiger partial charge is 0.323 e. The second-order valence-corrected chi connectivity index (χ2v) is 12.6. The normalized spacial score (nSPS) is 17.7. The number of urea groups is 1. The van der Waals surface area contributed by atoms with Crippen molar-refractivity contribution in [2.45, 2.75) is 39.0 Å². The van der Waals surface area contributed by atoms with E-state index in [1.807, 2.05) is 56.4 Å². The highest BCUT2D eigenvalue weighted by atomic mass is 16.7. The average molecular weight is 667 g/mol. The van der Waals surface area contributed by atoms with E-state index in [0.717, 1.165) is 17.1 Å². The molecule has 3 atom stereocenters. The summed E-state index contributed by atoms with van der Waals surface area (Å²) < 4.78 is 23.4. The second-order valence-electron chi connectivity index (χ2n) is 12.6. The Morgan fingerprint density at radius 3 is 2.35 bits per heavy atom. The van der Waals surface area contributed by atoms with Gasteiger partial charge in [-0.05, 0) is 74.1 Å². The molecule has 2 heterocycles. The number of rotatable bonds is 10. The molecule has 0 saturated heterocycles. The van der Waals surface area contributed by atoms with Crippen LogP contribution < -0.4 is 29.6 Å². The number of hydrogen-bond acceptors (Lipinski definition) is 8. The van der Waals surface area contributed by atoms with E-state index >= 15 is 0 Å². The van der Waals surface area contributed by atoms with Crippen molar-refractivity contribution in [1.82, 2.24) is 9.80 Å². The number of likely N-dealkylation sites (N-methyl/N-ethyl adjacent to an activating group) is 1. The fourth-order valence-electron chi connectivity index (χ4n) is 5.96. The molecule has 2 aliphatic heterocycles. The Balaban J connectivity index is 1.15. The number of fused-ring (bicyclic) bond motifs is 2. The van der Waals surface area contributed by atoms with E-state index in [9.17, 15) is 14.7 Å². The summed E-state index contributed by atoms with van der Waals surface area (Å²) in [4.78, 5) is 30.5. The number of nitrogens with zero attached hydrogens (tertiary/aromatic N) is 2. The number of carbonyl (C=O) groups is 2. The lowest BCUT2D eigenvalue weighted by molar-refractivity contribution is -0.134. The molecule has 0 bridgehead atoms. The minimum atomic E-state index is -0.447. The molecule has 49 heavy (non-hydrogen) atoms. The van der Waals surface area contributed by atoms with Crippen LogP contribution in [0, 0.1) is 5.92 Å². The van der Waals surface area contributed by atoms with Crippen molar-refractivity contribution in [1.29, 1.82) is 0 Å². The van der Waals surface area contributed by atoms with E-state index in [1.165, 1.54) is 0 Å². The number of amides is 3. The first-order valence-corrected chi connectivity index (χ1v) is 16.4. The summed E-state index contributed by atoms with van der Waals surface area (Å²) >= 11 is 0. The van der Waals surface area contributed by atoms with E-state index in [2.05, 4.69) is 34.6 Å². The number of aliphatic hydroxyl groups excluding tert-OH is 1. The lowest BCUT2D eigenvalue weighted by Gasteiger charge is -2.34. The molecule has 0 fully saturated rings. The van der Waals surface area contributed by atoms with Crippen LogP contribution in [0.5, 0.6) is 28.7 Å². The fraction of sp³-hybridized carbons (Fsp3) is 0.316. The number of nitrogens with one attached hydrogen (secondary N) is 2. The molecular weight excluding hydrogens is 624 g/mol. The van der Waals surface area contributed by atoms with Crippen LogP contribution >= 0.6 is 0 Å². The number of hydrogen-bond donors (Lipinski definition) is 3. The molecule has 2 aliphatic rings. The van der Waals surface area contributed by atoms with Crippen LogP contribution in [0.1, 0.15) is 25.0 Å². The highest BCUT2D eigenvalue weighted by molar-refractivity contribution is 6.00. The molecule has 6 rings (SSSR count). The minimum Gasteiger partial charge on any atom is -0.488 e. The van der Waals surface area contributed by atoms with Gasteiger partial charge in [0.05, 0.1) is 19.1 Å². The molecule has 11 nitrogen and oxygen atoms in total. The Morgan fingerprint density at radius 1 is 0.939 bits per heavy atom. The van der Waals surface area contributed by atoms with Gasteiger partial charge < -0.3 is 39.6 Å². The summed E-state index contributed by atoms with van der Waals surface area (Å²) in [5.41, 5.74) is 2.83. The largest absolute Gasteiger partial charge is 0.488 e. The van der Waals surface area contributed by atoms with Gasteiger partial charge in [0, 0.05) is 48.6 Å². The number of ether oxygens (including phenoxy) is 4. The van der Waals surface area contributed by atoms with Crippen LogP contribution in [0.25, 0.3) is 0 Å². The van der Waals surface area contributed by atoms with Crippen molar-refractivity contribution in [2.75, 3.05) is 44.2 Å². The van der Waals surface area contributed by atoms with E-state index in [-0.39, 0.29) is 43.8 Å². The van der Waals surface area contributed by atoms with Gasteiger partial charge in [0.25, 0.3) is 0 Å². The molecule has 0 saturated carbocycles. The summed E-state index contributed by atoms with van der Waals surface area (Å²) in [6, 6.07) is 27.4. The number of anilines is 2. The summed E-state index contributed by atoms with van der Waals surface area (Å²) in [5.74, 6) is 3.17. The Bertz CT molecular complexity index is 1750. The van der Waals surface area contributed by atoms with E-state index in [0.29, 0.717) is 53.8 Å². The van der Waals surface area contributed by atoms with Crippen LogP contribution in [-0.2, 0) is 17.8 Å². The van der Waals surface area contributed by atoms with Gasteiger partial charge in [-0.25, -0.2) is 4.79 Å². The Hall–Kier alpha value is -5.26. The van der Waals surface area contributed by atoms with Crippen molar-refractivity contribution in [3.63, 3.8) is 0 Å². The van der Waals surface area contributed by atoms with Crippen LogP contribution in [0.3, 0.4) is 0 Å². The van der Waals surface area contributed by atoms with Crippen molar-refractivity contribution in [3.05, 3.63) is 102 Å². The van der Waals surface area contributed by atoms with Gasteiger partial charge in [-0.3, -0.25) is 9.69 Å². The first-order valence-electron chi connectivity index (χ1n) is 16.4. The highest BCUT2D eigenvalue weighted by Crippen LogP contribution is 2.34. The first kappa shape index (κ1) is 33.6. The predicted octanol–water partition coefficient (Wildman–Crippen LogP) is 6.13. The summed E-state index contributed by atoms with van der Waals surface area (Å²) in [6.45, 7) is 5.61. The molecule has 4 aromatic rings. The Labute approximate surface area is 286 Å². The van der Waals surface area contributed by atoms with Crippen molar-refractivity contribution >= 4 is 23.3 Å². The quantitative estimate of drug-likeness (QED) is 0.185. The first-order chi connectivity index (χ1) is 23.7.